The highest BCUT2D eigenvalue weighted by molar-refractivity contribution is 7.90. The minimum Gasteiger partial charge on any atom is -0.466 e. The Labute approximate surface area is 141 Å². The van der Waals surface area contributed by atoms with Crippen molar-refractivity contribution in [3.8, 4) is 0 Å². The molecular formula is C17H21NO5S. The molecule has 1 aromatic carbocycles. The number of aliphatic hydroxyl groups is 1. The van der Waals surface area contributed by atoms with Gasteiger partial charge >= 0.3 is 0 Å². The molecule has 6 nitrogen and oxygen atoms in total. The molecule has 7 heteroatoms. The quantitative estimate of drug-likeness (QED) is 0.790. The lowest BCUT2D eigenvalue weighted by atomic mass is 10.0. The van der Waals surface area contributed by atoms with E-state index in [0.29, 0.717) is 12.2 Å². The smallest absolute Gasteiger partial charge is 0.220 e. The van der Waals surface area contributed by atoms with Crippen molar-refractivity contribution in [1.82, 2.24) is 5.32 Å². The van der Waals surface area contributed by atoms with E-state index < -0.39 is 15.4 Å². The summed E-state index contributed by atoms with van der Waals surface area (Å²) in [6, 6.07) is 9.78. The summed E-state index contributed by atoms with van der Waals surface area (Å²) in [5, 5.41) is 12.9. The minimum absolute atomic E-state index is 0.0480. The number of rotatable bonds is 7. The Hall–Kier alpha value is -2.12. The second-order valence-corrected chi connectivity index (χ2v) is 7.96. The first kappa shape index (κ1) is 18.2. The van der Waals surface area contributed by atoms with Crippen LogP contribution in [0.15, 0.2) is 52.0 Å². The molecule has 24 heavy (non-hydrogen) atoms. The first-order valence-electron chi connectivity index (χ1n) is 7.50. The van der Waals surface area contributed by atoms with E-state index in [1.807, 2.05) is 0 Å². The van der Waals surface area contributed by atoms with Gasteiger partial charge in [-0.15, -0.1) is 0 Å². The number of aryl methyl sites for hydroxylation is 1. The third-order valence-electron chi connectivity index (χ3n) is 3.67. The number of hydrogen-bond donors (Lipinski definition) is 2. The third-order valence-corrected chi connectivity index (χ3v) is 4.80. The van der Waals surface area contributed by atoms with Gasteiger partial charge in [0.1, 0.15) is 11.4 Å². The van der Waals surface area contributed by atoms with Gasteiger partial charge in [-0.05, 0) is 43.2 Å². The SMILES string of the molecule is C[C@@](O)(CNC(=O)CCc1ccc(S(C)(=O)=O)cc1)c1ccco1. The summed E-state index contributed by atoms with van der Waals surface area (Å²) < 4.78 is 27.9. The van der Waals surface area contributed by atoms with E-state index in [1.54, 1.807) is 31.2 Å². The summed E-state index contributed by atoms with van der Waals surface area (Å²) in [5.74, 6) is 0.188. The van der Waals surface area contributed by atoms with Crippen molar-refractivity contribution in [3.05, 3.63) is 54.0 Å². The van der Waals surface area contributed by atoms with E-state index in [2.05, 4.69) is 5.32 Å². The Kier molecular flexibility index (Phi) is 5.46. The van der Waals surface area contributed by atoms with E-state index >= 15 is 0 Å². The first-order chi connectivity index (χ1) is 11.2. The number of carbonyl (C=O) groups is 1. The van der Waals surface area contributed by atoms with Crippen LogP contribution in [0.2, 0.25) is 0 Å². The van der Waals surface area contributed by atoms with Crippen LogP contribution in [0.1, 0.15) is 24.7 Å². The molecule has 0 radical (unpaired) electrons. The van der Waals surface area contributed by atoms with Crippen LogP contribution in [0.4, 0.5) is 0 Å². The number of carbonyl (C=O) groups excluding carboxylic acids is 1. The van der Waals surface area contributed by atoms with Crippen LogP contribution >= 0.6 is 0 Å². The Morgan fingerprint density at radius 2 is 1.92 bits per heavy atom. The maximum Gasteiger partial charge on any atom is 0.220 e. The van der Waals surface area contributed by atoms with Crippen LogP contribution in [0.3, 0.4) is 0 Å². The number of hydrogen-bond acceptors (Lipinski definition) is 5. The van der Waals surface area contributed by atoms with E-state index in [0.717, 1.165) is 11.8 Å². The monoisotopic (exact) mass is 351 g/mol. The van der Waals surface area contributed by atoms with Crippen LogP contribution in [0, 0.1) is 0 Å². The van der Waals surface area contributed by atoms with Gasteiger partial charge in [-0.1, -0.05) is 12.1 Å². The molecule has 1 aromatic heterocycles. The largest absolute Gasteiger partial charge is 0.466 e. The van der Waals surface area contributed by atoms with Gasteiger partial charge in [0.05, 0.1) is 17.7 Å². The maximum atomic E-state index is 11.9. The summed E-state index contributed by atoms with van der Waals surface area (Å²) in [7, 11) is -3.21. The van der Waals surface area contributed by atoms with E-state index in [9.17, 15) is 18.3 Å². The number of amides is 1. The van der Waals surface area contributed by atoms with Crippen LogP contribution in [0.5, 0.6) is 0 Å². The van der Waals surface area contributed by atoms with Crippen molar-refractivity contribution in [3.63, 3.8) is 0 Å². The molecule has 0 saturated heterocycles. The zero-order valence-corrected chi connectivity index (χ0v) is 14.5. The number of sulfone groups is 1. The lowest BCUT2D eigenvalue weighted by Gasteiger charge is -2.21. The highest BCUT2D eigenvalue weighted by Crippen LogP contribution is 2.19. The van der Waals surface area contributed by atoms with Gasteiger partial charge in [0.25, 0.3) is 0 Å². The summed E-state index contributed by atoms with van der Waals surface area (Å²) in [4.78, 5) is 12.2. The second kappa shape index (κ2) is 7.19. The third kappa shape index (κ3) is 4.94. The van der Waals surface area contributed by atoms with Crippen molar-refractivity contribution in [1.29, 1.82) is 0 Å². The zero-order valence-electron chi connectivity index (χ0n) is 13.7. The van der Waals surface area contributed by atoms with Crippen molar-refractivity contribution in [2.45, 2.75) is 30.3 Å². The van der Waals surface area contributed by atoms with Gasteiger partial charge in [0, 0.05) is 12.7 Å². The van der Waals surface area contributed by atoms with Gasteiger partial charge < -0.3 is 14.8 Å². The summed E-state index contributed by atoms with van der Waals surface area (Å²) in [6.07, 6.45) is 3.34. The molecule has 0 spiro atoms. The molecule has 0 aliphatic heterocycles. The minimum atomic E-state index is -3.21. The molecule has 0 saturated carbocycles. The molecule has 0 unspecified atom stereocenters. The van der Waals surface area contributed by atoms with Crippen molar-refractivity contribution in [2.75, 3.05) is 12.8 Å². The molecule has 1 heterocycles. The Bertz CT molecular complexity index is 777. The predicted octanol–water partition coefficient (Wildman–Crippen LogP) is 1.64. The van der Waals surface area contributed by atoms with Crippen molar-refractivity contribution >= 4 is 15.7 Å². The summed E-state index contributed by atoms with van der Waals surface area (Å²) in [6.45, 7) is 1.61. The molecular weight excluding hydrogens is 330 g/mol. The number of furan rings is 1. The van der Waals surface area contributed by atoms with Crippen LogP contribution < -0.4 is 5.32 Å². The molecule has 2 rings (SSSR count). The summed E-state index contributed by atoms with van der Waals surface area (Å²) in [5.41, 5.74) is -0.397. The second-order valence-electron chi connectivity index (χ2n) is 5.94. The fourth-order valence-corrected chi connectivity index (χ4v) is 2.82. The molecule has 0 aliphatic carbocycles. The van der Waals surface area contributed by atoms with Gasteiger partial charge in [-0.2, -0.15) is 0 Å². The topological polar surface area (TPSA) is 96.6 Å². The van der Waals surface area contributed by atoms with Gasteiger partial charge in [0.2, 0.25) is 5.91 Å². The molecule has 130 valence electrons. The fraction of sp³-hybridized carbons (Fsp3) is 0.353. The molecule has 0 fully saturated rings. The lowest BCUT2D eigenvalue weighted by Crippen LogP contribution is -2.38. The lowest BCUT2D eigenvalue weighted by molar-refractivity contribution is -0.122. The van der Waals surface area contributed by atoms with Gasteiger partial charge in [-0.3, -0.25) is 4.79 Å². The van der Waals surface area contributed by atoms with E-state index in [4.69, 9.17) is 4.42 Å². The maximum absolute atomic E-state index is 11.9. The number of nitrogens with one attached hydrogen (secondary N) is 1. The average Bonchev–Trinajstić information content (AvgIpc) is 3.06. The van der Waals surface area contributed by atoms with Crippen molar-refractivity contribution < 1.29 is 22.7 Å². The Morgan fingerprint density at radius 1 is 1.25 bits per heavy atom. The van der Waals surface area contributed by atoms with E-state index in [1.165, 1.54) is 18.4 Å². The standard InChI is InChI=1S/C17H21NO5S/c1-17(20,15-4-3-11-23-15)12-18-16(19)10-7-13-5-8-14(9-6-13)24(2,21)22/h3-6,8-9,11,20H,7,10,12H2,1-2H3,(H,18,19)/t17-/m1/s1. The fourth-order valence-electron chi connectivity index (χ4n) is 2.19. The Balaban J connectivity index is 1.83. The van der Waals surface area contributed by atoms with Crippen LogP contribution in [-0.2, 0) is 26.7 Å². The molecule has 2 N–H and O–H groups in total. The zero-order chi connectivity index (χ0) is 17.8. The molecule has 1 atom stereocenters. The highest BCUT2D eigenvalue weighted by Gasteiger charge is 2.26. The average molecular weight is 351 g/mol. The number of benzene rings is 1. The highest BCUT2D eigenvalue weighted by atomic mass is 32.2. The Morgan fingerprint density at radius 3 is 2.46 bits per heavy atom. The van der Waals surface area contributed by atoms with Gasteiger partial charge in [0.15, 0.2) is 9.84 Å². The van der Waals surface area contributed by atoms with Crippen molar-refractivity contribution in [2.24, 2.45) is 0 Å². The first-order valence-corrected chi connectivity index (χ1v) is 9.40. The van der Waals surface area contributed by atoms with E-state index in [-0.39, 0.29) is 23.8 Å². The van der Waals surface area contributed by atoms with Crippen LogP contribution in [-0.4, -0.2) is 32.2 Å². The normalized spacial score (nSPS) is 14.1. The molecule has 0 aliphatic rings. The van der Waals surface area contributed by atoms with Gasteiger partial charge in [-0.25, -0.2) is 8.42 Å². The molecule has 0 bridgehead atoms. The predicted molar refractivity (Wildman–Crippen MR) is 89.2 cm³/mol. The summed E-state index contributed by atoms with van der Waals surface area (Å²) >= 11 is 0. The molecule has 2 aromatic rings. The van der Waals surface area contributed by atoms with Crippen LogP contribution in [0.25, 0.3) is 0 Å². The molecule has 1 amide bonds.